The molecule has 0 spiro atoms. The van der Waals surface area contributed by atoms with Crippen LogP contribution in [-0.2, 0) is 4.79 Å². The van der Waals surface area contributed by atoms with Crippen molar-refractivity contribution in [2.75, 3.05) is 0 Å². The van der Waals surface area contributed by atoms with Crippen LogP contribution in [0.2, 0.25) is 0 Å². The van der Waals surface area contributed by atoms with Gasteiger partial charge in [-0.05, 0) is 6.08 Å². The van der Waals surface area contributed by atoms with Crippen molar-refractivity contribution in [1.82, 2.24) is 0 Å². The molecule has 0 N–H and O–H groups in total. The molecule has 1 aliphatic carbocycles. The first-order valence-electron chi connectivity index (χ1n) is 4.67. The number of rotatable bonds is 2. The van der Waals surface area contributed by atoms with E-state index in [2.05, 4.69) is 13.8 Å². The molecule has 0 aromatic carbocycles. The van der Waals surface area contributed by atoms with E-state index in [0.717, 1.165) is 0 Å². The Morgan fingerprint density at radius 1 is 1.25 bits per heavy atom. The minimum Gasteiger partial charge on any atom is -0.295 e. The maximum absolute atomic E-state index is 10.3. The van der Waals surface area contributed by atoms with Crippen LogP contribution in [0.1, 0.15) is 39.5 Å². The summed E-state index contributed by atoms with van der Waals surface area (Å²) in [5.41, 5.74) is 0. The van der Waals surface area contributed by atoms with Crippen LogP contribution in [0.3, 0.4) is 0 Å². The summed E-state index contributed by atoms with van der Waals surface area (Å²) in [6, 6.07) is 0. The van der Waals surface area contributed by atoms with E-state index < -0.39 is 0 Å². The fourth-order valence-electron chi connectivity index (χ4n) is 0.847. The second-order valence-corrected chi connectivity index (χ2v) is 2.81. The second kappa shape index (κ2) is 8.25. The highest BCUT2D eigenvalue weighted by molar-refractivity contribution is 5.92. The zero-order valence-corrected chi connectivity index (χ0v) is 8.05. The Hall–Kier alpha value is -0.850. The zero-order chi connectivity index (χ0) is 9.23. The van der Waals surface area contributed by atoms with Crippen LogP contribution in [0.15, 0.2) is 24.3 Å². The Bertz CT molecular complexity index is 164. The van der Waals surface area contributed by atoms with Gasteiger partial charge in [0.05, 0.1) is 0 Å². The number of carbonyl (C=O) groups is 1. The topological polar surface area (TPSA) is 17.1 Å². The number of carbonyl (C=O) groups excluding carboxylic acids is 1. The maximum atomic E-state index is 10.3. The van der Waals surface area contributed by atoms with Gasteiger partial charge >= 0.3 is 0 Å². The molecule has 1 rings (SSSR count). The summed E-state index contributed by atoms with van der Waals surface area (Å²) < 4.78 is 0. The molecule has 0 unspecified atom stereocenters. The Labute approximate surface area is 75.2 Å². The van der Waals surface area contributed by atoms with Crippen molar-refractivity contribution in [2.45, 2.75) is 39.5 Å². The minimum absolute atomic E-state index is 0.197. The van der Waals surface area contributed by atoms with Crippen molar-refractivity contribution < 1.29 is 4.79 Å². The number of allylic oxidation sites excluding steroid dienone is 4. The largest absolute Gasteiger partial charge is 0.295 e. The lowest BCUT2D eigenvalue weighted by Crippen LogP contribution is -1.90. The Morgan fingerprint density at radius 3 is 2.08 bits per heavy atom. The van der Waals surface area contributed by atoms with Gasteiger partial charge in [-0.2, -0.15) is 0 Å². The van der Waals surface area contributed by atoms with Gasteiger partial charge in [0.1, 0.15) is 0 Å². The van der Waals surface area contributed by atoms with Gasteiger partial charge in [0.15, 0.2) is 5.78 Å². The van der Waals surface area contributed by atoms with Gasteiger partial charge in [-0.3, -0.25) is 4.79 Å². The summed E-state index contributed by atoms with van der Waals surface area (Å²) in [4.78, 5) is 10.3. The Balaban J connectivity index is 0.000000217. The normalized spacial score (nSPS) is 14.0. The maximum Gasteiger partial charge on any atom is 0.159 e. The molecule has 0 aliphatic heterocycles. The fraction of sp³-hybridized carbons (Fsp3) is 0.545. The molecular weight excluding hydrogens is 148 g/mol. The number of unbranched alkanes of at least 4 members (excludes halogenated alkanes) is 2. The molecular formula is C11H18O. The average Bonchev–Trinajstić information content (AvgIpc) is 2.08. The summed E-state index contributed by atoms with van der Waals surface area (Å²) >= 11 is 0. The average molecular weight is 166 g/mol. The molecule has 0 saturated heterocycles. The summed E-state index contributed by atoms with van der Waals surface area (Å²) in [7, 11) is 0. The van der Waals surface area contributed by atoms with Gasteiger partial charge in [0.2, 0.25) is 0 Å². The summed E-state index contributed by atoms with van der Waals surface area (Å²) in [5.74, 6) is 0.197. The molecule has 0 saturated carbocycles. The van der Waals surface area contributed by atoms with Crippen LogP contribution in [-0.4, -0.2) is 5.78 Å². The predicted molar refractivity (Wildman–Crippen MR) is 53.1 cm³/mol. The third kappa shape index (κ3) is 7.26. The standard InChI is InChI=1S/C6H6O.C5H12/c7-6-4-2-1-3-5-6;1-3-5-4-2/h1-4H,5H2;3-5H2,1-2H3. The third-order valence-electron chi connectivity index (χ3n) is 1.56. The van der Waals surface area contributed by atoms with Gasteiger partial charge < -0.3 is 0 Å². The predicted octanol–water partition coefficient (Wildman–Crippen LogP) is 3.27. The highest BCUT2D eigenvalue weighted by Crippen LogP contribution is 1.94. The van der Waals surface area contributed by atoms with Crippen LogP contribution in [0.25, 0.3) is 0 Å². The highest BCUT2D eigenvalue weighted by Gasteiger charge is 1.92. The minimum atomic E-state index is 0.197. The number of hydrogen-bond acceptors (Lipinski definition) is 1. The lowest BCUT2D eigenvalue weighted by molar-refractivity contribution is -0.113. The van der Waals surface area contributed by atoms with Gasteiger partial charge in [0, 0.05) is 6.42 Å². The Morgan fingerprint density at radius 2 is 1.92 bits per heavy atom. The Kier molecular flexibility index (Phi) is 7.66. The first-order chi connectivity index (χ1) is 5.81. The highest BCUT2D eigenvalue weighted by atomic mass is 16.1. The van der Waals surface area contributed by atoms with E-state index in [0.29, 0.717) is 6.42 Å². The van der Waals surface area contributed by atoms with E-state index in [1.807, 2.05) is 12.2 Å². The summed E-state index contributed by atoms with van der Waals surface area (Å²) in [6.07, 6.45) is 11.7. The molecule has 0 bridgehead atoms. The van der Waals surface area contributed by atoms with Crippen molar-refractivity contribution in [3.05, 3.63) is 24.3 Å². The van der Waals surface area contributed by atoms with Crippen LogP contribution in [0.4, 0.5) is 0 Å². The molecule has 12 heavy (non-hydrogen) atoms. The zero-order valence-electron chi connectivity index (χ0n) is 8.05. The van der Waals surface area contributed by atoms with E-state index in [4.69, 9.17) is 0 Å². The van der Waals surface area contributed by atoms with Gasteiger partial charge in [-0.25, -0.2) is 0 Å². The second-order valence-electron chi connectivity index (χ2n) is 2.81. The van der Waals surface area contributed by atoms with Crippen molar-refractivity contribution in [2.24, 2.45) is 0 Å². The van der Waals surface area contributed by atoms with E-state index in [-0.39, 0.29) is 5.78 Å². The van der Waals surface area contributed by atoms with Crippen LogP contribution in [0, 0.1) is 0 Å². The molecule has 0 heterocycles. The lowest BCUT2D eigenvalue weighted by Gasteiger charge is -1.88. The van der Waals surface area contributed by atoms with Crippen molar-refractivity contribution in [3.63, 3.8) is 0 Å². The van der Waals surface area contributed by atoms with E-state index >= 15 is 0 Å². The van der Waals surface area contributed by atoms with Crippen LogP contribution < -0.4 is 0 Å². The molecule has 0 aromatic rings. The lowest BCUT2D eigenvalue weighted by atomic mass is 10.2. The van der Waals surface area contributed by atoms with E-state index in [1.165, 1.54) is 19.3 Å². The van der Waals surface area contributed by atoms with Crippen LogP contribution >= 0.6 is 0 Å². The molecule has 1 aliphatic rings. The first kappa shape index (κ1) is 11.2. The molecule has 0 fully saturated rings. The SMILES string of the molecule is CCCCC.O=C1C=CC=CC1. The van der Waals surface area contributed by atoms with E-state index in [1.54, 1.807) is 12.2 Å². The summed E-state index contributed by atoms with van der Waals surface area (Å²) in [5, 5.41) is 0. The van der Waals surface area contributed by atoms with Gasteiger partial charge in [-0.1, -0.05) is 51.3 Å². The third-order valence-corrected chi connectivity index (χ3v) is 1.56. The molecule has 0 aromatic heterocycles. The van der Waals surface area contributed by atoms with Gasteiger partial charge in [0.25, 0.3) is 0 Å². The monoisotopic (exact) mass is 166 g/mol. The summed E-state index contributed by atoms with van der Waals surface area (Å²) in [6.45, 7) is 4.42. The van der Waals surface area contributed by atoms with Gasteiger partial charge in [-0.15, -0.1) is 0 Å². The molecule has 1 nitrogen and oxygen atoms in total. The number of hydrogen-bond donors (Lipinski definition) is 0. The first-order valence-corrected chi connectivity index (χ1v) is 4.67. The quantitative estimate of drug-likeness (QED) is 0.615. The molecule has 68 valence electrons. The number of ketones is 1. The molecule has 0 atom stereocenters. The molecule has 0 amide bonds. The molecule has 1 heteroatoms. The van der Waals surface area contributed by atoms with Crippen LogP contribution in [0.5, 0.6) is 0 Å². The fourth-order valence-corrected chi connectivity index (χ4v) is 0.847. The van der Waals surface area contributed by atoms with Crippen molar-refractivity contribution >= 4 is 5.78 Å². The van der Waals surface area contributed by atoms with E-state index in [9.17, 15) is 4.79 Å². The van der Waals surface area contributed by atoms with Crippen molar-refractivity contribution in [3.8, 4) is 0 Å². The smallest absolute Gasteiger partial charge is 0.159 e. The van der Waals surface area contributed by atoms with Crippen molar-refractivity contribution in [1.29, 1.82) is 0 Å². The molecule has 0 radical (unpaired) electrons.